The lowest BCUT2D eigenvalue weighted by atomic mass is 9.91. The van der Waals surface area contributed by atoms with Gasteiger partial charge >= 0.3 is 0 Å². The number of ether oxygens (including phenoxy) is 1. The van der Waals surface area contributed by atoms with Gasteiger partial charge in [-0.2, -0.15) is 0 Å². The second-order valence-corrected chi connectivity index (χ2v) is 8.73. The molecule has 0 aliphatic carbocycles. The van der Waals surface area contributed by atoms with Gasteiger partial charge in [-0.15, -0.1) is 0 Å². The molecule has 34 heavy (non-hydrogen) atoms. The number of amides is 1. The molecule has 0 bridgehead atoms. The maximum absolute atomic E-state index is 13.6. The number of morpholine rings is 1. The van der Waals surface area contributed by atoms with Crippen LogP contribution in [0.4, 0.5) is 0 Å². The van der Waals surface area contributed by atoms with Gasteiger partial charge in [0.25, 0.3) is 5.91 Å². The van der Waals surface area contributed by atoms with Crippen molar-refractivity contribution in [1.82, 2.24) is 14.9 Å². The van der Waals surface area contributed by atoms with Crippen LogP contribution in [-0.4, -0.2) is 52.9 Å². The van der Waals surface area contributed by atoms with Crippen LogP contribution in [0, 0.1) is 0 Å². The molecule has 1 fully saturated rings. The Hall–Kier alpha value is -2.83. The number of halogens is 1. The van der Waals surface area contributed by atoms with E-state index in [1.54, 1.807) is 17.2 Å². The Morgan fingerprint density at radius 3 is 2.47 bits per heavy atom. The van der Waals surface area contributed by atoms with E-state index >= 15 is 0 Å². The third-order valence-corrected chi connectivity index (χ3v) is 6.35. The van der Waals surface area contributed by atoms with Crippen molar-refractivity contribution in [3.63, 3.8) is 0 Å². The fraction of sp³-hybridized carbons (Fsp3) is 0.407. The van der Waals surface area contributed by atoms with Crippen LogP contribution in [0.2, 0.25) is 5.15 Å². The van der Waals surface area contributed by atoms with Gasteiger partial charge in [0.15, 0.2) is 5.78 Å². The number of carbonyl (C=O) groups excluding carboxylic acids is 2. The third kappa shape index (κ3) is 5.62. The van der Waals surface area contributed by atoms with E-state index in [1.165, 1.54) is 0 Å². The van der Waals surface area contributed by atoms with Crippen molar-refractivity contribution in [3.8, 4) is 0 Å². The molecule has 0 unspecified atom stereocenters. The van der Waals surface area contributed by atoms with Gasteiger partial charge in [0.1, 0.15) is 10.8 Å². The molecule has 0 aromatic carbocycles. The molecule has 1 aliphatic heterocycles. The normalized spacial score (nSPS) is 16.0. The first kappa shape index (κ1) is 25.8. The average molecular weight is 482 g/mol. The number of nitrogens with zero attached hydrogens (tertiary/aromatic N) is 3. The summed E-state index contributed by atoms with van der Waals surface area (Å²) in [6.45, 7) is 11.8. The number of carbonyl (C=O) groups is 2. The molecular formula is C27H32ClN3O3. The Labute approximate surface area is 206 Å². The molecule has 180 valence electrons. The standard InChI is InChI=1S/C27H32ClN3O3/c1-6-17(4)21(24(32)8-3)13-18(5)20(7-2)22-14-19-16-29-25(28)15-23(19)30-26(22)27(33)31-9-11-34-12-10-31/h7,13-16H,6,8-12H2,1-5H3/b18-13-,20-7+,21-17-. The van der Waals surface area contributed by atoms with Crippen LogP contribution in [-0.2, 0) is 9.53 Å². The van der Waals surface area contributed by atoms with Crippen molar-refractivity contribution in [2.24, 2.45) is 0 Å². The fourth-order valence-electron chi connectivity index (χ4n) is 4.04. The minimum absolute atomic E-state index is 0.106. The zero-order valence-corrected chi connectivity index (χ0v) is 21.3. The average Bonchev–Trinajstić information content (AvgIpc) is 2.86. The number of fused-ring (bicyclic) bond motifs is 1. The number of allylic oxidation sites excluding steroid dienone is 6. The van der Waals surface area contributed by atoms with Gasteiger partial charge < -0.3 is 9.64 Å². The van der Waals surface area contributed by atoms with E-state index in [-0.39, 0.29) is 11.7 Å². The minimum Gasteiger partial charge on any atom is -0.378 e. The summed E-state index contributed by atoms with van der Waals surface area (Å²) in [6, 6.07) is 3.60. The van der Waals surface area contributed by atoms with Gasteiger partial charge in [-0.3, -0.25) is 9.59 Å². The van der Waals surface area contributed by atoms with Crippen LogP contribution in [0.1, 0.15) is 63.5 Å². The Kier molecular flexibility index (Phi) is 8.75. The summed E-state index contributed by atoms with van der Waals surface area (Å²) in [5, 5.41) is 1.11. The summed E-state index contributed by atoms with van der Waals surface area (Å²) in [5.74, 6) is -0.0420. The number of ketones is 1. The van der Waals surface area contributed by atoms with Crippen LogP contribution >= 0.6 is 11.6 Å². The summed E-state index contributed by atoms with van der Waals surface area (Å²) in [7, 11) is 0. The molecule has 6 nitrogen and oxygen atoms in total. The zero-order valence-electron chi connectivity index (χ0n) is 20.6. The van der Waals surface area contributed by atoms with Gasteiger partial charge in [0, 0.05) is 48.3 Å². The first-order chi connectivity index (χ1) is 16.3. The van der Waals surface area contributed by atoms with Crippen molar-refractivity contribution in [3.05, 3.63) is 63.6 Å². The van der Waals surface area contributed by atoms with Crippen LogP contribution < -0.4 is 0 Å². The number of pyridine rings is 2. The number of Topliss-reactive ketones (excluding diaryl/α,β-unsaturated/α-hetero) is 1. The maximum atomic E-state index is 13.6. The number of hydrogen-bond acceptors (Lipinski definition) is 5. The second kappa shape index (κ2) is 11.5. The third-order valence-electron chi connectivity index (χ3n) is 6.14. The van der Waals surface area contributed by atoms with E-state index in [2.05, 4.69) is 4.98 Å². The maximum Gasteiger partial charge on any atom is 0.273 e. The highest BCUT2D eigenvalue weighted by atomic mass is 35.5. The van der Waals surface area contributed by atoms with Crippen molar-refractivity contribution >= 4 is 39.8 Å². The van der Waals surface area contributed by atoms with E-state index in [0.29, 0.717) is 54.7 Å². The summed E-state index contributed by atoms with van der Waals surface area (Å²) in [5.41, 5.74) is 5.20. The molecule has 2 aromatic heterocycles. The smallest absolute Gasteiger partial charge is 0.273 e. The highest BCUT2D eigenvalue weighted by molar-refractivity contribution is 6.30. The molecule has 2 aromatic rings. The lowest BCUT2D eigenvalue weighted by Gasteiger charge is -2.27. The van der Waals surface area contributed by atoms with E-state index in [1.807, 2.05) is 52.8 Å². The van der Waals surface area contributed by atoms with Crippen LogP contribution in [0.25, 0.3) is 16.5 Å². The zero-order chi connectivity index (χ0) is 24.8. The van der Waals surface area contributed by atoms with Gasteiger partial charge in [0.2, 0.25) is 0 Å². The fourth-order valence-corrected chi connectivity index (χ4v) is 4.19. The Morgan fingerprint density at radius 1 is 1.15 bits per heavy atom. The minimum atomic E-state index is -0.148. The molecule has 0 radical (unpaired) electrons. The predicted octanol–water partition coefficient (Wildman–Crippen LogP) is 5.81. The Bertz CT molecular complexity index is 1190. The highest BCUT2D eigenvalue weighted by Gasteiger charge is 2.25. The molecule has 3 heterocycles. The van der Waals surface area contributed by atoms with E-state index in [9.17, 15) is 9.59 Å². The lowest BCUT2D eigenvalue weighted by Crippen LogP contribution is -2.41. The van der Waals surface area contributed by atoms with Gasteiger partial charge in [-0.1, -0.05) is 37.1 Å². The molecule has 1 amide bonds. The van der Waals surface area contributed by atoms with Crippen molar-refractivity contribution in [1.29, 1.82) is 0 Å². The van der Waals surface area contributed by atoms with Crippen molar-refractivity contribution < 1.29 is 14.3 Å². The van der Waals surface area contributed by atoms with Gasteiger partial charge in [0.05, 0.1) is 18.7 Å². The predicted molar refractivity (Wildman–Crippen MR) is 137 cm³/mol. The first-order valence-corrected chi connectivity index (χ1v) is 12.1. The largest absolute Gasteiger partial charge is 0.378 e. The van der Waals surface area contributed by atoms with Crippen molar-refractivity contribution in [2.75, 3.05) is 26.3 Å². The number of rotatable bonds is 7. The highest BCUT2D eigenvalue weighted by Crippen LogP contribution is 2.31. The van der Waals surface area contributed by atoms with Crippen molar-refractivity contribution in [2.45, 2.75) is 47.5 Å². The lowest BCUT2D eigenvalue weighted by molar-refractivity contribution is -0.115. The molecule has 3 rings (SSSR count). The molecule has 0 saturated carbocycles. The quantitative estimate of drug-likeness (QED) is 0.283. The van der Waals surface area contributed by atoms with Gasteiger partial charge in [-0.05, 0) is 50.5 Å². The van der Waals surface area contributed by atoms with Crippen LogP contribution in [0.15, 0.2) is 47.2 Å². The SMILES string of the molecule is C\C=C(/C(C)=C\C(C(=O)CC)=C(/C)CC)c1cc2cnc(Cl)cc2nc1C(=O)N1CCOCC1. The summed E-state index contributed by atoms with van der Waals surface area (Å²) >= 11 is 6.10. The summed E-state index contributed by atoms with van der Waals surface area (Å²) in [4.78, 5) is 36.9. The number of hydrogen-bond donors (Lipinski definition) is 0. The Morgan fingerprint density at radius 2 is 1.85 bits per heavy atom. The number of aromatic nitrogens is 2. The second-order valence-electron chi connectivity index (χ2n) is 8.34. The van der Waals surface area contributed by atoms with Crippen LogP contribution in [0.3, 0.4) is 0 Å². The van der Waals surface area contributed by atoms with E-state index in [4.69, 9.17) is 21.3 Å². The van der Waals surface area contributed by atoms with Gasteiger partial charge in [-0.25, -0.2) is 9.97 Å². The molecular weight excluding hydrogens is 450 g/mol. The summed E-state index contributed by atoms with van der Waals surface area (Å²) in [6.07, 6.45) is 6.79. The molecule has 1 aliphatic rings. The summed E-state index contributed by atoms with van der Waals surface area (Å²) < 4.78 is 5.42. The topological polar surface area (TPSA) is 72.4 Å². The Balaban J connectivity index is 2.19. The first-order valence-electron chi connectivity index (χ1n) is 11.7. The molecule has 1 saturated heterocycles. The molecule has 0 atom stereocenters. The molecule has 0 N–H and O–H groups in total. The van der Waals surface area contributed by atoms with Crippen LogP contribution in [0.5, 0.6) is 0 Å². The van der Waals surface area contributed by atoms with E-state index < -0.39 is 0 Å². The monoisotopic (exact) mass is 481 g/mol. The molecule has 0 spiro atoms. The van der Waals surface area contributed by atoms with E-state index in [0.717, 1.165) is 34.1 Å². The molecule has 7 heteroatoms.